The highest BCUT2D eigenvalue weighted by Crippen LogP contribution is 2.45. The summed E-state index contributed by atoms with van der Waals surface area (Å²) < 4.78 is 2.37. The zero-order valence-electron chi connectivity index (χ0n) is 23.6. The summed E-state index contributed by atoms with van der Waals surface area (Å²) in [6.45, 7) is 0. The first-order valence-electron chi connectivity index (χ1n) is 14.9. The van der Waals surface area contributed by atoms with E-state index >= 15 is 0 Å². The van der Waals surface area contributed by atoms with E-state index in [2.05, 4.69) is 167 Å². The van der Waals surface area contributed by atoms with Crippen molar-refractivity contribution < 1.29 is 0 Å². The molecule has 0 saturated carbocycles. The molecule has 0 saturated heterocycles. The summed E-state index contributed by atoms with van der Waals surface area (Å²) in [5.41, 5.74) is 12.5. The SMILES string of the molecule is c1ccc2c(c1)Cc1cc(-c3ccc(-n4c5ccccc5c5ccccc54)cc3)ccc1N2c1ccc2ccccc2c1. The van der Waals surface area contributed by atoms with Gasteiger partial charge in [0, 0.05) is 39.9 Å². The summed E-state index contributed by atoms with van der Waals surface area (Å²) in [4.78, 5) is 2.43. The lowest BCUT2D eigenvalue weighted by Gasteiger charge is -2.34. The van der Waals surface area contributed by atoms with Crippen molar-refractivity contribution in [3.63, 3.8) is 0 Å². The van der Waals surface area contributed by atoms with Crippen molar-refractivity contribution in [3.8, 4) is 16.8 Å². The van der Waals surface area contributed by atoms with Crippen molar-refractivity contribution >= 4 is 49.6 Å². The quantitative estimate of drug-likeness (QED) is 0.213. The predicted molar refractivity (Wildman–Crippen MR) is 181 cm³/mol. The maximum absolute atomic E-state index is 2.43. The fourth-order valence-electron chi connectivity index (χ4n) is 6.94. The van der Waals surface area contributed by atoms with E-state index in [4.69, 9.17) is 0 Å². The number of hydrogen-bond acceptors (Lipinski definition) is 1. The Balaban J connectivity index is 1.13. The third-order valence-corrected chi connectivity index (χ3v) is 8.96. The molecule has 1 aromatic heterocycles. The monoisotopic (exact) mass is 548 g/mol. The lowest BCUT2D eigenvalue weighted by molar-refractivity contribution is 1.09. The van der Waals surface area contributed by atoms with Crippen LogP contribution in [0.15, 0.2) is 158 Å². The first-order chi connectivity index (χ1) is 21.3. The Morgan fingerprint density at radius 2 is 1.00 bits per heavy atom. The molecule has 2 heteroatoms. The van der Waals surface area contributed by atoms with Crippen LogP contribution in [0.1, 0.15) is 11.1 Å². The number of anilines is 3. The van der Waals surface area contributed by atoms with Crippen LogP contribution in [-0.2, 0) is 6.42 Å². The minimum Gasteiger partial charge on any atom is -0.310 e. The minimum absolute atomic E-state index is 0.920. The van der Waals surface area contributed by atoms with Gasteiger partial charge in [-0.25, -0.2) is 0 Å². The maximum Gasteiger partial charge on any atom is 0.0541 e. The molecular weight excluding hydrogens is 520 g/mol. The van der Waals surface area contributed by atoms with E-state index < -0.39 is 0 Å². The van der Waals surface area contributed by atoms with Crippen LogP contribution < -0.4 is 4.90 Å². The van der Waals surface area contributed by atoms with Crippen molar-refractivity contribution in [2.75, 3.05) is 4.90 Å². The molecule has 2 heterocycles. The van der Waals surface area contributed by atoms with Crippen molar-refractivity contribution in [1.82, 2.24) is 4.57 Å². The number of aromatic nitrogens is 1. The molecule has 43 heavy (non-hydrogen) atoms. The molecule has 0 N–H and O–H groups in total. The van der Waals surface area contributed by atoms with E-state index in [1.54, 1.807) is 0 Å². The number of fused-ring (bicyclic) bond motifs is 6. The molecule has 0 radical (unpaired) electrons. The largest absolute Gasteiger partial charge is 0.310 e. The summed E-state index contributed by atoms with van der Waals surface area (Å²) in [5.74, 6) is 0. The van der Waals surface area contributed by atoms with Gasteiger partial charge >= 0.3 is 0 Å². The third-order valence-electron chi connectivity index (χ3n) is 8.96. The predicted octanol–water partition coefficient (Wildman–Crippen LogP) is 11.0. The van der Waals surface area contributed by atoms with Crippen LogP contribution in [0.5, 0.6) is 0 Å². The highest BCUT2D eigenvalue weighted by Gasteiger charge is 2.24. The third kappa shape index (κ3) is 3.80. The Morgan fingerprint density at radius 1 is 0.395 bits per heavy atom. The van der Waals surface area contributed by atoms with Crippen LogP contribution in [0.3, 0.4) is 0 Å². The first kappa shape index (κ1) is 24.0. The van der Waals surface area contributed by atoms with Crippen LogP contribution in [0, 0.1) is 0 Å². The van der Waals surface area contributed by atoms with E-state index in [1.165, 1.54) is 77.6 Å². The lowest BCUT2D eigenvalue weighted by atomic mass is 9.92. The van der Waals surface area contributed by atoms with Gasteiger partial charge in [-0.1, -0.05) is 103 Å². The number of benzene rings is 7. The summed E-state index contributed by atoms with van der Waals surface area (Å²) in [5, 5.41) is 5.09. The van der Waals surface area contributed by atoms with Gasteiger partial charge in [-0.15, -0.1) is 0 Å². The lowest BCUT2D eigenvalue weighted by Crippen LogP contribution is -2.18. The Hall–Kier alpha value is -5.60. The fraction of sp³-hybridized carbons (Fsp3) is 0.0244. The number of rotatable bonds is 3. The van der Waals surface area contributed by atoms with Gasteiger partial charge in [0.05, 0.1) is 11.0 Å². The van der Waals surface area contributed by atoms with Gasteiger partial charge in [-0.3, -0.25) is 0 Å². The van der Waals surface area contributed by atoms with Gasteiger partial charge in [0.15, 0.2) is 0 Å². The summed E-state index contributed by atoms with van der Waals surface area (Å²) in [6.07, 6.45) is 0.920. The molecule has 0 spiro atoms. The molecule has 202 valence electrons. The van der Waals surface area contributed by atoms with Gasteiger partial charge in [0.2, 0.25) is 0 Å². The smallest absolute Gasteiger partial charge is 0.0541 e. The van der Waals surface area contributed by atoms with E-state index in [0.717, 1.165) is 6.42 Å². The molecule has 1 aliphatic heterocycles. The Kier molecular flexibility index (Phi) is 5.30. The summed E-state index contributed by atoms with van der Waals surface area (Å²) >= 11 is 0. The van der Waals surface area contributed by atoms with Crippen LogP contribution >= 0.6 is 0 Å². The van der Waals surface area contributed by atoms with Crippen molar-refractivity contribution in [3.05, 3.63) is 169 Å². The minimum atomic E-state index is 0.920. The number of nitrogens with zero attached hydrogens (tertiary/aromatic N) is 2. The molecule has 0 amide bonds. The van der Waals surface area contributed by atoms with Crippen molar-refractivity contribution in [1.29, 1.82) is 0 Å². The van der Waals surface area contributed by atoms with Crippen LogP contribution in [0.2, 0.25) is 0 Å². The van der Waals surface area contributed by atoms with Gasteiger partial charge < -0.3 is 9.47 Å². The molecule has 8 aromatic rings. The van der Waals surface area contributed by atoms with Gasteiger partial charge in [-0.05, 0) is 87.6 Å². The van der Waals surface area contributed by atoms with E-state index in [0.29, 0.717) is 0 Å². The molecule has 2 nitrogen and oxygen atoms in total. The van der Waals surface area contributed by atoms with Gasteiger partial charge in [0.25, 0.3) is 0 Å². The molecule has 0 atom stereocenters. The Morgan fingerprint density at radius 3 is 1.79 bits per heavy atom. The maximum atomic E-state index is 2.43. The topological polar surface area (TPSA) is 8.17 Å². The standard InChI is InChI=1S/C41H28N2/c1-2-10-30-27-35(23-19-28(30)9-1)43-38-14-6-3-11-32(38)26-33-25-31(20-24-39(33)43)29-17-21-34(22-18-29)42-40-15-7-4-12-36(40)37-13-5-8-16-41(37)42/h1-25,27H,26H2. The highest BCUT2D eigenvalue weighted by atomic mass is 15.2. The molecule has 0 aliphatic carbocycles. The first-order valence-corrected chi connectivity index (χ1v) is 14.9. The average molecular weight is 549 g/mol. The zero-order valence-corrected chi connectivity index (χ0v) is 23.6. The van der Waals surface area contributed by atoms with Crippen LogP contribution in [0.4, 0.5) is 17.1 Å². The molecule has 7 aromatic carbocycles. The molecule has 0 bridgehead atoms. The van der Waals surface area contributed by atoms with Gasteiger partial charge in [-0.2, -0.15) is 0 Å². The second-order valence-electron chi connectivity index (χ2n) is 11.4. The van der Waals surface area contributed by atoms with E-state index in [-0.39, 0.29) is 0 Å². The highest BCUT2D eigenvalue weighted by molar-refractivity contribution is 6.09. The Bertz CT molecular complexity index is 2270. The second-order valence-corrected chi connectivity index (χ2v) is 11.4. The second kappa shape index (κ2) is 9.47. The van der Waals surface area contributed by atoms with Crippen molar-refractivity contribution in [2.24, 2.45) is 0 Å². The summed E-state index contributed by atoms with van der Waals surface area (Å²) in [7, 11) is 0. The normalized spacial score (nSPS) is 12.5. The molecular formula is C41H28N2. The van der Waals surface area contributed by atoms with E-state index in [1.807, 2.05) is 0 Å². The molecule has 1 aliphatic rings. The zero-order chi connectivity index (χ0) is 28.3. The average Bonchev–Trinajstić information content (AvgIpc) is 3.41. The number of para-hydroxylation sites is 3. The summed E-state index contributed by atoms with van der Waals surface area (Å²) in [6, 6.07) is 57.5. The van der Waals surface area contributed by atoms with Gasteiger partial charge in [0.1, 0.15) is 0 Å². The molecule has 9 rings (SSSR count). The Labute approximate surface area is 250 Å². The van der Waals surface area contributed by atoms with E-state index in [9.17, 15) is 0 Å². The number of hydrogen-bond donors (Lipinski definition) is 0. The van der Waals surface area contributed by atoms with Crippen molar-refractivity contribution in [2.45, 2.75) is 6.42 Å². The fourth-order valence-corrected chi connectivity index (χ4v) is 6.94. The molecule has 0 fully saturated rings. The van der Waals surface area contributed by atoms with Crippen LogP contribution in [-0.4, -0.2) is 4.57 Å². The van der Waals surface area contributed by atoms with Crippen LogP contribution in [0.25, 0.3) is 49.4 Å². The molecule has 0 unspecified atom stereocenters.